The monoisotopic (exact) mass is 407 g/mol. The minimum atomic E-state index is -0.666. The van der Waals surface area contributed by atoms with Gasteiger partial charge < -0.3 is 14.4 Å². The Morgan fingerprint density at radius 1 is 1.31 bits per heavy atom. The van der Waals surface area contributed by atoms with Crippen LogP contribution < -0.4 is 0 Å². The lowest BCUT2D eigenvalue weighted by atomic mass is 10.2. The fourth-order valence-corrected chi connectivity index (χ4v) is 3.94. The van der Waals surface area contributed by atoms with E-state index in [-0.39, 0.29) is 16.3 Å². The first kappa shape index (κ1) is 18.7. The number of aromatic nitrogens is 2. The molecule has 0 aliphatic rings. The molecule has 0 unspecified atom stereocenters. The summed E-state index contributed by atoms with van der Waals surface area (Å²) in [5, 5.41) is 20.5. The average molecular weight is 407 g/mol. The standard InChI is InChI=1S/C21H14FN3O3S/c1-25-16-5-3-2-4-15(16)24-20(25)14(10-23)17(26)11-28-21(27)19-9-12-8-13(22)6-7-18(12)29-19/h2-9,26H,11H2,1H3/b17-14-. The number of allylic oxidation sites excluding steroid dienone is 1. The minimum Gasteiger partial charge on any atom is -0.507 e. The third kappa shape index (κ3) is 3.44. The van der Waals surface area contributed by atoms with Crippen LogP contribution in [0.2, 0.25) is 0 Å². The number of esters is 1. The number of nitriles is 1. The maximum Gasteiger partial charge on any atom is 0.348 e. The zero-order valence-corrected chi connectivity index (χ0v) is 16.0. The number of aliphatic hydroxyl groups excluding tert-OH is 1. The van der Waals surface area contributed by atoms with Crippen LogP contribution in [-0.4, -0.2) is 27.2 Å². The van der Waals surface area contributed by atoms with Gasteiger partial charge in [-0.3, -0.25) is 0 Å². The molecule has 0 aliphatic carbocycles. The van der Waals surface area contributed by atoms with Gasteiger partial charge in [-0.05, 0) is 41.8 Å². The number of thiophene rings is 1. The Balaban J connectivity index is 1.58. The molecule has 4 rings (SSSR count). The summed E-state index contributed by atoms with van der Waals surface area (Å²) in [6, 6.07) is 15.0. The smallest absolute Gasteiger partial charge is 0.348 e. The number of para-hydroxylation sites is 2. The molecule has 1 N–H and O–H groups in total. The largest absolute Gasteiger partial charge is 0.507 e. The highest BCUT2D eigenvalue weighted by atomic mass is 32.1. The summed E-state index contributed by atoms with van der Waals surface area (Å²) in [5.74, 6) is -1.18. The predicted octanol–water partition coefficient (Wildman–Crippen LogP) is 4.58. The Kier molecular flexibility index (Phi) is 4.74. The van der Waals surface area contributed by atoms with Gasteiger partial charge in [0.05, 0.1) is 11.0 Å². The highest BCUT2D eigenvalue weighted by molar-refractivity contribution is 7.20. The van der Waals surface area contributed by atoms with Gasteiger partial charge in [-0.1, -0.05) is 12.1 Å². The van der Waals surface area contributed by atoms with Crippen molar-refractivity contribution in [2.75, 3.05) is 6.61 Å². The summed E-state index contributed by atoms with van der Waals surface area (Å²) < 4.78 is 20.9. The van der Waals surface area contributed by atoms with Gasteiger partial charge in [-0.25, -0.2) is 14.2 Å². The first-order chi connectivity index (χ1) is 14.0. The molecule has 0 aliphatic heterocycles. The molecule has 144 valence electrons. The first-order valence-electron chi connectivity index (χ1n) is 8.58. The van der Waals surface area contributed by atoms with Crippen LogP contribution in [0.5, 0.6) is 0 Å². The number of imidazole rings is 1. The molecule has 0 radical (unpaired) electrons. The molecule has 2 aromatic carbocycles. The topological polar surface area (TPSA) is 88.1 Å². The van der Waals surface area contributed by atoms with Gasteiger partial charge in [0.2, 0.25) is 0 Å². The summed E-state index contributed by atoms with van der Waals surface area (Å²) >= 11 is 1.16. The van der Waals surface area contributed by atoms with Crippen LogP contribution in [0.15, 0.2) is 54.3 Å². The number of hydrogen-bond acceptors (Lipinski definition) is 6. The number of aryl methyl sites for hydroxylation is 1. The van der Waals surface area contributed by atoms with Crippen LogP contribution in [-0.2, 0) is 11.8 Å². The molecule has 0 bridgehead atoms. The summed E-state index contributed by atoms with van der Waals surface area (Å²) in [7, 11) is 1.73. The number of rotatable bonds is 4. The Labute approximate surface area is 168 Å². The third-order valence-corrected chi connectivity index (χ3v) is 5.53. The van der Waals surface area contributed by atoms with E-state index in [0.717, 1.165) is 21.6 Å². The van der Waals surface area contributed by atoms with Gasteiger partial charge in [0.15, 0.2) is 11.6 Å². The highest BCUT2D eigenvalue weighted by Gasteiger charge is 2.18. The molecule has 2 aromatic heterocycles. The molecule has 29 heavy (non-hydrogen) atoms. The van der Waals surface area contributed by atoms with Crippen LogP contribution in [0.4, 0.5) is 4.39 Å². The number of nitrogens with zero attached hydrogens (tertiary/aromatic N) is 3. The number of ether oxygens (including phenoxy) is 1. The SMILES string of the molecule is Cn1c(/C(C#N)=C(\O)COC(=O)c2cc3cc(F)ccc3s2)nc2ccccc21. The van der Waals surface area contributed by atoms with Crippen molar-refractivity contribution in [1.82, 2.24) is 9.55 Å². The summed E-state index contributed by atoms with van der Waals surface area (Å²) in [6.07, 6.45) is 0. The van der Waals surface area contributed by atoms with E-state index in [1.807, 2.05) is 24.3 Å². The number of aliphatic hydroxyl groups is 1. The Morgan fingerprint density at radius 3 is 2.86 bits per heavy atom. The van der Waals surface area contributed by atoms with Gasteiger partial charge in [-0.15, -0.1) is 11.3 Å². The Hall–Kier alpha value is -3.70. The predicted molar refractivity (Wildman–Crippen MR) is 108 cm³/mol. The van der Waals surface area contributed by atoms with Gasteiger partial charge in [0.1, 0.15) is 28.9 Å². The van der Waals surface area contributed by atoms with Crippen molar-refractivity contribution < 1.29 is 19.0 Å². The molecule has 4 aromatic rings. The number of fused-ring (bicyclic) bond motifs is 2. The second kappa shape index (κ2) is 7.37. The normalized spacial score (nSPS) is 12.0. The van der Waals surface area contributed by atoms with E-state index in [1.54, 1.807) is 23.7 Å². The van der Waals surface area contributed by atoms with E-state index in [0.29, 0.717) is 10.9 Å². The van der Waals surface area contributed by atoms with E-state index >= 15 is 0 Å². The summed E-state index contributed by atoms with van der Waals surface area (Å²) in [6.45, 7) is -0.479. The molecule has 0 spiro atoms. The van der Waals surface area contributed by atoms with Crippen LogP contribution in [0.3, 0.4) is 0 Å². The first-order valence-corrected chi connectivity index (χ1v) is 9.40. The molecule has 0 saturated heterocycles. The van der Waals surface area contributed by atoms with Crippen molar-refractivity contribution in [3.05, 3.63) is 70.8 Å². The van der Waals surface area contributed by atoms with Crippen molar-refractivity contribution in [3.63, 3.8) is 0 Å². The number of benzene rings is 2. The molecular weight excluding hydrogens is 393 g/mol. The van der Waals surface area contributed by atoms with E-state index < -0.39 is 24.2 Å². The fourth-order valence-electron chi connectivity index (χ4n) is 3.00. The van der Waals surface area contributed by atoms with E-state index in [2.05, 4.69) is 4.98 Å². The molecule has 0 atom stereocenters. The zero-order valence-electron chi connectivity index (χ0n) is 15.2. The minimum absolute atomic E-state index is 0.0742. The molecule has 6 nitrogen and oxygen atoms in total. The lowest BCUT2D eigenvalue weighted by molar-refractivity contribution is 0.0508. The number of carbonyl (C=O) groups excluding carboxylic acids is 1. The van der Waals surface area contributed by atoms with Crippen molar-refractivity contribution >= 4 is 44.0 Å². The van der Waals surface area contributed by atoms with Crippen LogP contribution >= 0.6 is 11.3 Å². The molecule has 0 fully saturated rings. The van der Waals surface area contributed by atoms with E-state index in [1.165, 1.54) is 18.2 Å². The molecule has 0 saturated carbocycles. The highest BCUT2D eigenvalue weighted by Crippen LogP contribution is 2.27. The van der Waals surface area contributed by atoms with Gasteiger partial charge in [0, 0.05) is 11.7 Å². The third-order valence-electron chi connectivity index (χ3n) is 4.43. The number of hydrogen-bond donors (Lipinski definition) is 1. The van der Waals surface area contributed by atoms with Gasteiger partial charge in [-0.2, -0.15) is 5.26 Å². The van der Waals surface area contributed by atoms with Gasteiger partial charge in [0.25, 0.3) is 0 Å². The fraction of sp³-hybridized carbons (Fsp3) is 0.0952. The van der Waals surface area contributed by atoms with Crippen LogP contribution in [0, 0.1) is 17.1 Å². The Bertz CT molecular complexity index is 1330. The molecule has 8 heteroatoms. The van der Waals surface area contributed by atoms with Crippen LogP contribution in [0.1, 0.15) is 15.5 Å². The van der Waals surface area contributed by atoms with Crippen molar-refractivity contribution in [2.45, 2.75) is 0 Å². The number of carbonyl (C=O) groups is 1. The van der Waals surface area contributed by atoms with Gasteiger partial charge >= 0.3 is 5.97 Å². The molecule has 2 heterocycles. The molecular formula is C21H14FN3O3S. The van der Waals surface area contributed by atoms with E-state index in [9.17, 15) is 19.6 Å². The summed E-state index contributed by atoms with van der Waals surface area (Å²) in [5.41, 5.74) is 1.41. The average Bonchev–Trinajstić information content (AvgIpc) is 3.28. The van der Waals surface area contributed by atoms with E-state index in [4.69, 9.17) is 4.74 Å². The second-order valence-corrected chi connectivity index (χ2v) is 7.37. The summed E-state index contributed by atoms with van der Waals surface area (Å²) in [4.78, 5) is 17.0. The zero-order chi connectivity index (χ0) is 20.5. The maximum absolute atomic E-state index is 13.3. The Morgan fingerprint density at radius 2 is 2.10 bits per heavy atom. The quantitative estimate of drug-likeness (QED) is 0.304. The second-order valence-electron chi connectivity index (χ2n) is 6.29. The molecule has 0 amide bonds. The maximum atomic E-state index is 13.3. The number of halogens is 1. The lowest BCUT2D eigenvalue weighted by Gasteiger charge is -2.06. The van der Waals surface area contributed by atoms with Crippen molar-refractivity contribution in [1.29, 1.82) is 5.26 Å². The van der Waals surface area contributed by atoms with Crippen molar-refractivity contribution in [3.8, 4) is 6.07 Å². The van der Waals surface area contributed by atoms with Crippen molar-refractivity contribution in [2.24, 2.45) is 7.05 Å². The van der Waals surface area contributed by atoms with Crippen LogP contribution in [0.25, 0.3) is 26.7 Å². The lowest BCUT2D eigenvalue weighted by Crippen LogP contribution is -2.09.